The first-order chi connectivity index (χ1) is 13.6. The first-order valence-electron chi connectivity index (χ1n) is 12.4. The van der Waals surface area contributed by atoms with Gasteiger partial charge < -0.3 is 5.11 Å². The van der Waals surface area contributed by atoms with Gasteiger partial charge in [-0.1, -0.05) is 76.8 Å². The Balaban J connectivity index is 1.71. The number of hydrogen-bond acceptors (Lipinski definition) is 1. The second-order valence-corrected chi connectivity index (χ2v) is 11.6. The Morgan fingerprint density at radius 3 is 2.55 bits per heavy atom. The highest BCUT2D eigenvalue weighted by molar-refractivity contribution is 5.37. The average Bonchev–Trinajstić information content (AvgIpc) is 2.99. The molecular formula is C28H46O. The van der Waals surface area contributed by atoms with Crippen LogP contribution >= 0.6 is 0 Å². The largest absolute Gasteiger partial charge is 0.390 e. The Morgan fingerprint density at radius 2 is 1.83 bits per heavy atom. The van der Waals surface area contributed by atoms with E-state index in [1.807, 2.05) is 6.92 Å². The maximum Gasteiger partial charge on any atom is 0.0663 e. The lowest BCUT2D eigenvalue weighted by Gasteiger charge is -2.44. The molecule has 5 atom stereocenters. The highest BCUT2D eigenvalue weighted by atomic mass is 16.3. The van der Waals surface area contributed by atoms with Crippen molar-refractivity contribution in [2.45, 2.75) is 111 Å². The topological polar surface area (TPSA) is 20.2 Å². The molecular weight excluding hydrogens is 352 g/mol. The maximum absolute atomic E-state index is 10.5. The normalized spacial score (nSPS) is 39.3. The molecule has 29 heavy (non-hydrogen) atoms. The van der Waals surface area contributed by atoms with E-state index in [4.69, 9.17) is 0 Å². The summed E-state index contributed by atoms with van der Waals surface area (Å²) < 4.78 is 0. The molecule has 0 aromatic rings. The van der Waals surface area contributed by atoms with E-state index in [1.54, 1.807) is 5.57 Å². The lowest BCUT2D eigenvalue weighted by Crippen LogP contribution is -2.36. The van der Waals surface area contributed by atoms with Gasteiger partial charge in [0.15, 0.2) is 0 Å². The van der Waals surface area contributed by atoms with Gasteiger partial charge in [0.25, 0.3) is 0 Å². The average molecular weight is 399 g/mol. The van der Waals surface area contributed by atoms with Crippen molar-refractivity contribution in [1.82, 2.24) is 0 Å². The smallest absolute Gasteiger partial charge is 0.0663 e. The fraction of sp³-hybridized carbons (Fsp3) is 0.786. The van der Waals surface area contributed by atoms with E-state index in [9.17, 15) is 5.11 Å². The van der Waals surface area contributed by atoms with Crippen LogP contribution in [0.3, 0.4) is 0 Å². The van der Waals surface area contributed by atoms with Crippen molar-refractivity contribution < 1.29 is 5.11 Å². The Labute approximate surface area is 180 Å². The van der Waals surface area contributed by atoms with E-state index >= 15 is 0 Å². The quantitative estimate of drug-likeness (QED) is 0.480. The summed E-state index contributed by atoms with van der Waals surface area (Å²) in [4.78, 5) is 0. The molecule has 164 valence electrons. The predicted molar refractivity (Wildman–Crippen MR) is 126 cm³/mol. The summed E-state index contributed by atoms with van der Waals surface area (Å²) >= 11 is 0. The van der Waals surface area contributed by atoms with Crippen molar-refractivity contribution >= 4 is 0 Å². The van der Waals surface area contributed by atoms with E-state index in [0.29, 0.717) is 5.41 Å². The molecule has 3 aliphatic rings. The van der Waals surface area contributed by atoms with Crippen molar-refractivity contribution in [3.8, 4) is 0 Å². The molecule has 1 nitrogen and oxygen atoms in total. The summed E-state index contributed by atoms with van der Waals surface area (Å²) in [5, 5.41) is 10.5. The molecule has 0 bridgehead atoms. The lowest BCUT2D eigenvalue weighted by molar-refractivity contribution is 0.0456. The number of rotatable bonds is 6. The van der Waals surface area contributed by atoms with Crippen molar-refractivity contribution in [3.05, 3.63) is 35.5 Å². The highest BCUT2D eigenvalue weighted by Gasteiger charge is 2.50. The third-order valence-corrected chi connectivity index (χ3v) is 8.66. The SMILES string of the molecule is C=C1CC[C@](C)(O)C/C1=C\C=C1/CCC[C@]2(C)[C@@H]([C@H](C)CCCC(C)C)CC[C@@H]12. The van der Waals surface area contributed by atoms with E-state index in [-0.39, 0.29) is 0 Å². The zero-order valence-electron chi connectivity index (χ0n) is 19.9. The summed E-state index contributed by atoms with van der Waals surface area (Å²) in [6, 6.07) is 0. The Morgan fingerprint density at radius 1 is 1.07 bits per heavy atom. The Hall–Kier alpha value is -0.820. The molecule has 0 heterocycles. The minimum atomic E-state index is -0.559. The maximum atomic E-state index is 10.5. The van der Waals surface area contributed by atoms with E-state index in [2.05, 4.69) is 46.4 Å². The highest BCUT2D eigenvalue weighted by Crippen LogP contribution is 2.60. The van der Waals surface area contributed by atoms with Gasteiger partial charge in [-0.25, -0.2) is 0 Å². The van der Waals surface area contributed by atoms with Gasteiger partial charge in [0.1, 0.15) is 0 Å². The van der Waals surface area contributed by atoms with Crippen molar-refractivity contribution in [2.75, 3.05) is 0 Å². The zero-order valence-corrected chi connectivity index (χ0v) is 19.9. The standard InChI is InChI=1S/C28H46O/c1-20(2)9-7-10-22(4)25-14-15-26-23(11-8-17-28(25,26)6)12-13-24-19-27(5,29)18-16-21(24)3/h12-13,20,22,25-26,29H,3,7-11,14-19H2,1-2,4-6H3/b23-12+,24-13+/t22-,25-,26+,27+,28-/m1/s1. The van der Waals surface area contributed by atoms with Crippen LogP contribution in [-0.4, -0.2) is 10.7 Å². The molecule has 0 aromatic carbocycles. The van der Waals surface area contributed by atoms with E-state index < -0.39 is 5.60 Å². The van der Waals surface area contributed by atoms with E-state index in [1.165, 1.54) is 62.5 Å². The molecule has 3 saturated carbocycles. The summed E-state index contributed by atoms with van der Waals surface area (Å²) in [6.45, 7) is 16.1. The second kappa shape index (κ2) is 9.13. The molecule has 1 heteroatoms. The van der Waals surface area contributed by atoms with Gasteiger partial charge in [0.05, 0.1) is 5.60 Å². The fourth-order valence-corrected chi connectivity index (χ4v) is 6.85. The van der Waals surface area contributed by atoms with Crippen LogP contribution in [0.15, 0.2) is 35.5 Å². The zero-order chi connectivity index (χ0) is 21.2. The Kier molecular flexibility index (Phi) is 7.19. The van der Waals surface area contributed by atoms with E-state index in [0.717, 1.165) is 42.9 Å². The monoisotopic (exact) mass is 398 g/mol. The van der Waals surface area contributed by atoms with Crippen LogP contribution in [0.1, 0.15) is 105 Å². The van der Waals surface area contributed by atoms with Crippen molar-refractivity contribution in [1.29, 1.82) is 0 Å². The summed E-state index contributed by atoms with van der Waals surface area (Å²) in [6.07, 6.45) is 18.3. The molecule has 0 spiro atoms. The van der Waals surface area contributed by atoms with Gasteiger partial charge in [-0.15, -0.1) is 0 Å². The van der Waals surface area contributed by atoms with Crippen LogP contribution in [0.4, 0.5) is 0 Å². The van der Waals surface area contributed by atoms with Gasteiger partial charge in [-0.05, 0) is 86.5 Å². The summed E-state index contributed by atoms with van der Waals surface area (Å²) in [5.41, 5.74) is 4.12. The third kappa shape index (κ3) is 5.27. The lowest BCUT2D eigenvalue weighted by atomic mass is 9.60. The molecule has 3 rings (SSSR count). The summed E-state index contributed by atoms with van der Waals surface area (Å²) in [7, 11) is 0. The molecule has 0 unspecified atom stereocenters. The molecule has 0 amide bonds. The number of fused-ring (bicyclic) bond motifs is 1. The molecule has 3 fully saturated rings. The molecule has 0 saturated heterocycles. The van der Waals surface area contributed by atoms with Crippen LogP contribution in [0.5, 0.6) is 0 Å². The van der Waals surface area contributed by atoms with Crippen molar-refractivity contribution in [3.63, 3.8) is 0 Å². The molecule has 1 N–H and O–H groups in total. The first-order valence-corrected chi connectivity index (χ1v) is 12.4. The van der Waals surface area contributed by atoms with Crippen LogP contribution in [0, 0.1) is 29.1 Å². The number of aliphatic hydroxyl groups is 1. The number of allylic oxidation sites excluding steroid dienone is 4. The van der Waals surface area contributed by atoms with Crippen LogP contribution in [-0.2, 0) is 0 Å². The predicted octanol–water partition coefficient (Wildman–Crippen LogP) is 8.01. The van der Waals surface area contributed by atoms with Crippen molar-refractivity contribution in [2.24, 2.45) is 29.1 Å². The molecule has 0 aromatic heterocycles. The Bertz CT molecular complexity index is 649. The minimum absolute atomic E-state index is 0.495. The number of hydrogen-bond donors (Lipinski definition) is 1. The van der Waals surface area contributed by atoms with Crippen LogP contribution in [0.25, 0.3) is 0 Å². The molecule has 0 aliphatic heterocycles. The van der Waals surface area contributed by atoms with Crippen LogP contribution < -0.4 is 0 Å². The fourth-order valence-electron chi connectivity index (χ4n) is 6.85. The second-order valence-electron chi connectivity index (χ2n) is 11.6. The van der Waals surface area contributed by atoms with Gasteiger partial charge in [-0.3, -0.25) is 0 Å². The molecule has 3 aliphatic carbocycles. The molecule has 0 radical (unpaired) electrons. The summed E-state index contributed by atoms with van der Waals surface area (Å²) in [5.74, 6) is 3.35. The van der Waals surface area contributed by atoms with Gasteiger partial charge >= 0.3 is 0 Å². The van der Waals surface area contributed by atoms with Gasteiger partial charge in [0.2, 0.25) is 0 Å². The van der Waals surface area contributed by atoms with Crippen LogP contribution in [0.2, 0.25) is 0 Å². The first kappa shape index (κ1) is 22.9. The third-order valence-electron chi connectivity index (χ3n) is 8.66. The van der Waals surface area contributed by atoms with Gasteiger partial charge in [0, 0.05) is 6.42 Å². The van der Waals surface area contributed by atoms with Gasteiger partial charge in [-0.2, -0.15) is 0 Å². The minimum Gasteiger partial charge on any atom is -0.390 e.